The predicted octanol–water partition coefficient (Wildman–Crippen LogP) is 2.84. The first-order chi connectivity index (χ1) is 8.52. The molecule has 0 atom stereocenters. The lowest BCUT2D eigenvalue weighted by molar-refractivity contribution is 0.423. The van der Waals surface area contributed by atoms with Crippen LogP contribution >= 0.6 is 0 Å². The summed E-state index contributed by atoms with van der Waals surface area (Å²) in [5.74, 6) is 0.325. The third-order valence-corrected chi connectivity index (χ3v) is 2.64. The second-order valence-corrected chi connectivity index (χ2v) is 4.01. The van der Waals surface area contributed by atoms with Gasteiger partial charge in [-0.25, -0.2) is 9.07 Å². The van der Waals surface area contributed by atoms with Crippen LogP contribution in [0, 0.1) is 31.0 Å². The second kappa shape index (κ2) is 4.49. The summed E-state index contributed by atoms with van der Waals surface area (Å²) in [6.07, 6.45) is 0. The molecule has 2 aromatic rings. The summed E-state index contributed by atoms with van der Waals surface area (Å²) < 4.78 is 20.2. The molecule has 1 aromatic heterocycles. The van der Waals surface area contributed by atoms with Gasteiger partial charge in [0.15, 0.2) is 0 Å². The molecule has 0 aliphatic carbocycles. The normalized spacial score (nSPS) is 10.2. The van der Waals surface area contributed by atoms with Gasteiger partial charge in [0.2, 0.25) is 5.88 Å². The molecule has 1 aromatic carbocycles. The predicted molar refractivity (Wildman–Crippen MR) is 63.9 cm³/mol. The molecule has 0 amide bonds. The molecule has 0 N–H and O–H groups in total. The number of hydrogen-bond donors (Lipinski definition) is 0. The van der Waals surface area contributed by atoms with E-state index >= 15 is 0 Å². The van der Waals surface area contributed by atoms with E-state index in [1.54, 1.807) is 20.0 Å². The average molecular weight is 245 g/mol. The Labute approximate surface area is 104 Å². The average Bonchev–Trinajstić information content (AvgIpc) is 2.58. The van der Waals surface area contributed by atoms with Crippen molar-refractivity contribution in [3.05, 3.63) is 40.8 Å². The van der Waals surface area contributed by atoms with Gasteiger partial charge in [-0.05, 0) is 25.5 Å². The van der Waals surface area contributed by atoms with Crippen molar-refractivity contribution in [3.63, 3.8) is 0 Å². The summed E-state index contributed by atoms with van der Waals surface area (Å²) in [5.41, 5.74) is 1.74. The Kier molecular flexibility index (Phi) is 3.02. The summed E-state index contributed by atoms with van der Waals surface area (Å²) in [5, 5.41) is 13.2. The lowest BCUT2D eigenvalue weighted by Gasteiger charge is -2.08. The Morgan fingerprint density at radius 2 is 2.11 bits per heavy atom. The number of benzene rings is 1. The van der Waals surface area contributed by atoms with Crippen molar-refractivity contribution in [2.24, 2.45) is 7.05 Å². The minimum Gasteiger partial charge on any atom is -0.438 e. The van der Waals surface area contributed by atoms with Gasteiger partial charge < -0.3 is 4.74 Å². The SMILES string of the molecule is Cc1ccc(F)cc1Oc1c(C#N)c(C)nn1C. The van der Waals surface area contributed by atoms with Crippen LogP contribution in [0.3, 0.4) is 0 Å². The van der Waals surface area contributed by atoms with Crippen LogP contribution in [0.1, 0.15) is 16.8 Å². The fourth-order valence-corrected chi connectivity index (χ4v) is 1.67. The molecular weight excluding hydrogens is 233 g/mol. The number of hydrogen-bond acceptors (Lipinski definition) is 3. The molecule has 92 valence electrons. The highest BCUT2D eigenvalue weighted by Gasteiger charge is 2.16. The summed E-state index contributed by atoms with van der Waals surface area (Å²) in [4.78, 5) is 0. The molecule has 18 heavy (non-hydrogen) atoms. The van der Waals surface area contributed by atoms with Gasteiger partial charge in [0, 0.05) is 13.1 Å². The van der Waals surface area contributed by atoms with Crippen molar-refractivity contribution in [2.75, 3.05) is 0 Å². The number of aryl methyl sites for hydroxylation is 3. The van der Waals surface area contributed by atoms with Crippen LogP contribution in [0.15, 0.2) is 18.2 Å². The lowest BCUT2D eigenvalue weighted by Crippen LogP contribution is -1.97. The van der Waals surface area contributed by atoms with Crippen LogP contribution in [0.25, 0.3) is 0 Å². The summed E-state index contributed by atoms with van der Waals surface area (Å²) >= 11 is 0. The first kappa shape index (κ1) is 12.1. The summed E-state index contributed by atoms with van der Waals surface area (Å²) in [7, 11) is 1.68. The molecule has 5 heteroatoms. The molecule has 0 aliphatic heterocycles. The largest absolute Gasteiger partial charge is 0.438 e. The topological polar surface area (TPSA) is 50.8 Å². The quantitative estimate of drug-likeness (QED) is 0.817. The molecule has 1 heterocycles. The van der Waals surface area contributed by atoms with E-state index in [-0.39, 0.29) is 5.82 Å². The Balaban J connectivity index is 2.46. The molecule has 0 fully saturated rings. The van der Waals surface area contributed by atoms with E-state index in [2.05, 4.69) is 5.10 Å². The first-order valence-corrected chi connectivity index (χ1v) is 5.40. The Morgan fingerprint density at radius 3 is 2.78 bits per heavy atom. The van der Waals surface area contributed by atoms with Gasteiger partial charge in [0.1, 0.15) is 23.2 Å². The van der Waals surface area contributed by atoms with Gasteiger partial charge >= 0.3 is 0 Å². The van der Waals surface area contributed by atoms with Crippen LogP contribution in [0.5, 0.6) is 11.6 Å². The number of rotatable bonds is 2. The highest BCUT2D eigenvalue weighted by Crippen LogP contribution is 2.29. The maximum absolute atomic E-state index is 13.2. The van der Waals surface area contributed by atoms with E-state index in [0.29, 0.717) is 22.9 Å². The number of aromatic nitrogens is 2. The van der Waals surface area contributed by atoms with Crippen LogP contribution in [-0.2, 0) is 7.05 Å². The number of nitrogens with zero attached hydrogens (tertiary/aromatic N) is 3. The maximum Gasteiger partial charge on any atom is 0.235 e. The molecule has 0 saturated heterocycles. The molecule has 4 nitrogen and oxygen atoms in total. The zero-order valence-electron chi connectivity index (χ0n) is 10.4. The summed E-state index contributed by atoms with van der Waals surface area (Å²) in [6, 6.07) is 6.32. The summed E-state index contributed by atoms with van der Waals surface area (Å²) in [6.45, 7) is 3.54. The van der Waals surface area contributed by atoms with E-state index in [4.69, 9.17) is 10.00 Å². The van der Waals surface area contributed by atoms with Crippen molar-refractivity contribution in [3.8, 4) is 17.7 Å². The molecule has 0 radical (unpaired) electrons. The van der Waals surface area contributed by atoms with Crippen LogP contribution < -0.4 is 4.74 Å². The fourth-order valence-electron chi connectivity index (χ4n) is 1.67. The number of nitriles is 1. The third-order valence-electron chi connectivity index (χ3n) is 2.64. The van der Waals surface area contributed by atoms with E-state index in [9.17, 15) is 4.39 Å². The highest BCUT2D eigenvalue weighted by atomic mass is 19.1. The minimum atomic E-state index is -0.381. The van der Waals surface area contributed by atoms with Crippen molar-refractivity contribution in [1.29, 1.82) is 5.26 Å². The Morgan fingerprint density at radius 1 is 1.39 bits per heavy atom. The van der Waals surface area contributed by atoms with Crippen LogP contribution in [-0.4, -0.2) is 9.78 Å². The van der Waals surface area contributed by atoms with E-state index < -0.39 is 0 Å². The number of ether oxygens (including phenoxy) is 1. The molecule has 0 aliphatic rings. The number of halogens is 1. The van der Waals surface area contributed by atoms with Gasteiger partial charge in [0.25, 0.3) is 0 Å². The molecule has 0 bridgehead atoms. The monoisotopic (exact) mass is 245 g/mol. The van der Waals surface area contributed by atoms with Crippen molar-refractivity contribution >= 4 is 0 Å². The molecule has 2 rings (SSSR count). The fraction of sp³-hybridized carbons (Fsp3) is 0.231. The lowest BCUT2D eigenvalue weighted by atomic mass is 10.2. The maximum atomic E-state index is 13.2. The zero-order valence-corrected chi connectivity index (χ0v) is 10.4. The van der Waals surface area contributed by atoms with Gasteiger partial charge in [-0.3, -0.25) is 0 Å². The van der Waals surface area contributed by atoms with Gasteiger partial charge in [0.05, 0.1) is 5.69 Å². The Hall–Kier alpha value is -2.35. The van der Waals surface area contributed by atoms with E-state index in [0.717, 1.165) is 5.56 Å². The van der Waals surface area contributed by atoms with Crippen molar-refractivity contribution < 1.29 is 9.13 Å². The second-order valence-electron chi connectivity index (χ2n) is 4.01. The van der Waals surface area contributed by atoms with Gasteiger partial charge in [-0.15, -0.1) is 0 Å². The van der Waals surface area contributed by atoms with Gasteiger partial charge in [-0.1, -0.05) is 6.07 Å². The van der Waals surface area contributed by atoms with Crippen LogP contribution in [0.4, 0.5) is 4.39 Å². The molecule has 0 saturated carbocycles. The van der Waals surface area contributed by atoms with Crippen molar-refractivity contribution in [2.45, 2.75) is 13.8 Å². The van der Waals surface area contributed by atoms with E-state index in [1.807, 2.05) is 13.0 Å². The van der Waals surface area contributed by atoms with Crippen LogP contribution in [0.2, 0.25) is 0 Å². The molecule has 0 unspecified atom stereocenters. The van der Waals surface area contributed by atoms with Crippen molar-refractivity contribution in [1.82, 2.24) is 9.78 Å². The standard InChI is InChI=1S/C13H12FN3O/c1-8-4-5-10(14)6-12(8)18-13-11(7-15)9(2)16-17(13)3/h4-6H,1-3H3. The molecule has 0 spiro atoms. The highest BCUT2D eigenvalue weighted by molar-refractivity contribution is 5.45. The molecular formula is C13H12FN3O. The Bertz CT molecular complexity index is 640. The zero-order chi connectivity index (χ0) is 13.3. The first-order valence-electron chi connectivity index (χ1n) is 5.40. The van der Waals surface area contributed by atoms with E-state index in [1.165, 1.54) is 16.8 Å². The minimum absolute atomic E-state index is 0.323. The smallest absolute Gasteiger partial charge is 0.235 e. The van der Waals surface area contributed by atoms with Gasteiger partial charge in [-0.2, -0.15) is 10.4 Å². The third kappa shape index (κ3) is 2.05.